The molecule has 1 heterocycles. The first-order chi connectivity index (χ1) is 4.20. The molecule has 0 amide bonds. The number of nitrogens with one attached hydrogen (secondary N) is 1. The molecule has 9 heavy (non-hydrogen) atoms. The molecule has 0 saturated heterocycles. The zero-order valence-corrected chi connectivity index (χ0v) is 5.55. The number of rotatable bonds is 0. The largest absolute Gasteiger partial charge is 0.320 e. The number of aryl methyl sites for hydroxylation is 2. The van der Waals surface area contributed by atoms with E-state index in [2.05, 4.69) is 4.98 Å². The minimum atomic E-state index is 0.292. The summed E-state index contributed by atoms with van der Waals surface area (Å²) < 4.78 is 1.68. The summed E-state index contributed by atoms with van der Waals surface area (Å²) in [7, 11) is 1.81. The highest BCUT2D eigenvalue weighted by Gasteiger charge is 1.84. The molecular formula is C6H9N3. The third kappa shape index (κ3) is 1.16. The van der Waals surface area contributed by atoms with E-state index in [9.17, 15) is 0 Å². The van der Waals surface area contributed by atoms with Crippen LogP contribution in [0.5, 0.6) is 0 Å². The molecule has 0 spiro atoms. The van der Waals surface area contributed by atoms with Crippen LogP contribution in [0.25, 0.3) is 0 Å². The summed E-state index contributed by atoms with van der Waals surface area (Å²) in [5.74, 6) is 0. The van der Waals surface area contributed by atoms with Crippen molar-refractivity contribution in [2.24, 2.45) is 7.05 Å². The Morgan fingerprint density at radius 1 is 1.67 bits per heavy atom. The van der Waals surface area contributed by atoms with Gasteiger partial charge in [0.25, 0.3) is 0 Å². The van der Waals surface area contributed by atoms with Crippen molar-refractivity contribution < 1.29 is 0 Å². The maximum Gasteiger partial charge on any atom is 0.221 e. The van der Waals surface area contributed by atoms with Gasteiger partial charge >= 0.3 is 0 Å². The van der Waals surface area contributed by atoms with E-state index in [1.807, 2.05) is 20.2 Å². The van der Waals surface area contributed by atoms with Gasteiger partial charge in [-0.25, -0.2) is 4.98 Å². The molecular weight excluding hydrogens is 114 g/mol. The molecule has 0 aromatic carbocycles. The van der Waals surface area contributed by atoms with Gasteiger partial charge in [0, 0.05) is 19.4 Å². The summed E-state index contributed by atoms with van der Waals surface area (Å²) in [5, 5.41) is 7.17. The first kappa shape index (κ1) is 6.01. The fraction of sp³-hybridized carbons (Fsp3) is 0.333. The summed E-state index contributed by atoms with van der Waals surface area (Å²) in [6.45, 7) is 1.95. The minimum absolute atomic E-state index is 0.292. The molecule has 0 saturated carbocycles. The second kappa shape index (κ2) is 2.01. The van der Waals surface area contributed by atoms with E-state index in [4.69, 9.17) is 5.41 Å². The molecule has 1 aromatic heterocycles. The summed E-state index contributed by atoms with van der Waals surface area (Å²) in [5.41, 5.74) is 1.37. The molecule has 1 N–H and O–H groups in total. The zero-order chi connectivity index (χ0) is 6.85. The van der Waals surface area contributed by atoms with Crippen molar-refractivity contribution in [3.8, 4) is 0 Å². The highest BCUT2D eigenvalue weighted by Crippen LogP contribution is 1.85. The first-order valence-corrected chi connectivity index (χ1v) is 2.74. The van der Waals surface area contributed by atoms with Crippen LogP contribution >= 0.6 is 0 Å². The fourth-order valence-electron chi connectivity index (χ4n) is 0.654. The molecule has 0 bridgehead atoms. The van der Waals surface area contributed by atoms with Gasteiger partial charge < -0.3 is 4.57 Å². The number of hydrogen-bond acceptors (Lipinski definition) is 2. The third-order valence-corrected chi connectivity index (χ3v) is 1.12. The van der Waals surface area contributed by atoms with Crippen LogP contribution < -0.4 is 5.62 Å². The molecule has 1 rings (SSSR count). The lowest BCUT2D eigenvalue weighted by Crippen LogP contribution is -2.18. The quantitative estimate of drug-likeness (QED) is 0.526. The summed E-state index contributed by atoms with van der Waals surface area (Å²) >= 11 is 0. The molecule has 1 aromatic rings. The molecule has 0 radical (unpaired) electrons. The number of nitrogens with zero attached hydrogens (tertiary/aromatic N) is 2. The standard InChI is InChI=1S/C6H9N3/c1-5-3-8-6(7)9(2)4-5/h3-4,7H,1-2H3. The van der Waals surface area contributed by atoms with E-state index in [1.54, 1.807) is 10.8 Å². The predicted octanol–water partition coefficient (Wildman–Crippen LogP) is 0.208. The lowest BCUT2D eigenvalue weighted by Gasteiger charge is -1.96. The van der Waals surface area contributed by atoms with Crippen LogP contribution in [0.3, 0.4) is 0 Å². The highest BCUT2D eigenvalue weighted by molar-refractivity contribution is 4.98. The molecule has 0 atom stereocenters. The van der Waals surface area contributed by atoms with E-state index >= 15 is 0 Å². The summed E-state index contributed by atoms with van der Waals surface area (Å²) in [6.07, 6.45) is 3.55. The number of aromatic nitrogens is 2. The van der Waals surface area contributed by atoms with Crippen LogP contribution in [0.15, 0.2) is 12.4 Å². The Hall–Kier alpha value is -1.12. The van der Waals surface area contributed by atoms with Crippen molar-refractivity contribution >= 4 is 0 Å². The highest BCUT2D eigenvalue weighted by atomic mass is 15.0. The van der Waals surface area contributed by atoms with Gasteiger partial charge in [0.1, 0.15) is 0 Å². The van der Waals surface area contributed by atoms with Crippen LogP contribution in [-0.2, 0) is 7.05 Å². The molecule has 0 fully saturated rings. The van der Waals surface area contributed by atoms with Crippen LogP contribution in [0, 0.1) is 12.3 Å². The lowest BCUT2D eigenvalue weighted by atomic mass is 10.4. The van der Waals surface area contributed by atoms with Crippen LogP contribution in [0.2, 0.25) is 0 Å². The summed E-state index contributed by atoms with van der Waals surface area (Å²) in [6, 6.07) is 0. The maximum atomic E-state index is 7.17. The van der Waals surface area contributed by atoms with Crippen molar-refractivity contribution in [2.45, 2.75) is 6.92 Å². The molecule has 3 heteroatoms. The van der Waals surface area contributed by atoms with E-state index in [-0.39, 0.29) is 0 Å². The van der Waals surface area contributed by atoms with Gasteiger partial charge in [-0.3, -0.25) is 5.41 Å². The Morgan fingerprint density at radius 3 is 2.78 bits per heavy atom. The average Bonchev–Trinajstić information content (AvgIpc) is 1.80. The Labute approximate surface area is 53.5 Å². The molecule has 0 aliphatic carbocycles. The third-order valence-electron chi connectivity index (χ3n) is 1.12. The van der Waals surface area contributed by atoms with E-state index in [1.165, 1.54) is 0 Å². The van der Waals surface area contributed by atoms with Gasteiger partial charge in [-0.1, -0.05) is 0 Å². The SMILES string of the molecule is Cc1cnc(=N)n(C)c1. The second-order valence-corrected chi connectivity index (χ2v) is 2.07. The van der Waals surface area contributed by atoms with Crippen LogP contribution in [0.4, 0.5) is 0 Å². The Morgan fingerprint density at radius 2 is 2.33 bits per heavy atom. The molecule has 48 valence electrons. The normalized spacial score (nSPS) is 9.56. The predicted molar refractivity (Wildman–Crippen MR) is 33.8 cm³/mol. The van der Waals surface area contributed by atoms with Gasteiger partial charge in [-0.2, -0.15) is 0 Å². The minimum Gasteiger partial charge on any atom is -0.320 e. The van der Waals surface area contributed by atoms with E-state index in [0.717, 1.165) is 5.56 Å². The average molecular weight is 123 g/mol. The molecule has 3 nitrogen and oxygen atoms in total. The fourth-order valence-corrected chi connectivity index (χ4v) is 0.654. The Kier molecular flexibility index (Phi) is 1.34. The van der Waals surface area contributed by atoms with Crippen molar-refractivity contribution in [1.82, 2.24) is 9.55 Å². The van der Waals surface area contributed by atoms with Crippen molar-refractivity contribution in [2.75, 3.05) is 0 Å². The smallest absolute Gasteiger partial charge is 0.221 e. The Bertz CT molecular complexity index is 261. The van der Waals surface area contributed by atoms with Gasteiger partial charge in [0.05, 0.1) is 0 Å². The second-order valence-electron chi connectivity index (χ2n) is 2.07. The topological polar surface area (TPSA) is 41.7 Å². The van der Waals surface area contributed by atoms with Crippen molar-refractivity contribution in [3.63, 3.8) is 0 Å². The van der Waals surface area contributed by atoms with E-state index < -0.39 is 0 Å². The lowest BCUT2D eigenvalue weighted by molar-refractivity contribution is 0.755. The van der Waals surface area contributed by atoms with Crippen molar-refractivity contribution in [1.29, 1.82) is 5.41 Å². The van der Waals surface area contributed by atoms with Crippen LogP contribution in [-0.4, -0.2) is 9.55 Å². The van der Waals surface area contributed by atoms with E-state index in [0.29, 0.717) is 5.62 Å². The first-order valence-electron chi connectivity index (χ1n) is 2.74. The molecule has 0 unspecified atom stereocenters. The molecule has 0 aliphatic rings. The van der Waals surface area contributed by atoms with Crippen molar-refractivity contribution in [3.05, 3.63) is 23.6 Å². The van der Waals surface area contributed by atoms with Gasteiger partial charge in [0.15, 0.2) is 0 Å². The van der Waals surface area contributed by atoms with Gasteiger partial charge in [-0.15, -0.1) is 0 Å². The molecule has 0 aliphatic heterocycles. The van der Waals surface area contributed by atoms with Gasteiger partial charge in [0.2, 0.25) is 5.62 Å². The maximum absolute atomic E-state index is 7.17. The monoisotopic (exact) mass is 123 g/mol. The summed E-state index contributed by atoms with van der Waals surface area (Å²) in [4.78, 5) is 3.81. The van der Waals surface area contributed by atoms with Crippen LogP contribution in [0.1, 0.15) is 5.56 Å². The van der Waals surface area contributed by atoms with Gasteiger partial charge in [-0.05, 0) is 12.5 Å². The zero-order valence-electron chi connectivity index (χ0n) is 5.55. The number of hydrogen-bond donors (Lipinski definition) is 1. The Balaban J connectivity index is 3.34.